The molecule has 10 nitrogen and oxygen atoms in total. The Bertz CT molecular complexity index is 1280. The van der Waals surface area contributed by atoms with Crippen LogP contribution in [0.1, 0.15) is 38.8 Å². The second-order valence-corrected chi connectivity index (χ2v) is 10.6. The zero-order valence-corrected chi connectivity index (χ0v) is 20.0. The molecule has 3 rings (SSSR count). The van der Waals surface area contributed by atoms with Gasteiger partial charge < -0.3 is 20.9 Å². The molecule has 11 heteroatoms. The highest BCUT2D eigenvalue weighted by molar-refractivity contribution is 7.89. The molecule has 1 amide bonds. The van der Waals surface area contributed by atoms with Crippen LogP contribution in [0.4, 0.5) is 17.1 Å². The lowest BCUT2D eigenvalue weighted by molar-refractivity contribution is -0.869. The van der Waals surface area contributed by atoms with Crippen molar-refractivity contribution in [2.75, 3.05) is 57.6 Å². The second kappa shape index (κ2) is 8.58. The van der Waals surface area contributed by atoms with Crippen molar-refractivity contribution < 1.29 is 27.3 Å². The minimum absolute atomic E-state index is 0.0318. The second-order valence-electron chi connectivity index (χ2n) is 8.82. The van der Waals surface area contributed by atoms with Crippen LogP contribution in [-0.4, -0.2) is 71.7 Å². The van der Waals surface area contributed by atoms with E-state index in [9.17, 15) is 22.8 Å². The number of hydrogen-bond donors (Lipinski definition) is 4. The third-order valence-electron chi connectivity index (χ3n) is 5.26. The van der Waals surface area contributed by atoms with Gasteiger partial charge in [-0.05, 0) is 12.1 Å². The molecule has 0 saturated carbocycles. The van der Waals surface area contributed by atoms with Crippen LogP contribution in [0, 0.1) is 0 Å². The fourth-order valence-electron chi connectivity index (χ4n) is 3.70. The molecule has 0 heterocycles. The molecule has 176 valence electrons. The first-order valence-corrected chi connectivity index (χ1v) is 11.7. The topological polar surface area (TPSA) is 147 Å². The molecule has 0 aromatic heterocycles. The summed E-state index contributed by atoms with van der Waals surface area (Å²) >= 11 is 0. The molecule has 33 heavy (non-hydrogen) atoms. The highest BCUT2D eigenvalue weighted by atomic mass is 32.2. The largest absolute Gasteiger partial charge is 0.397 e. The highest BCUT2D eigenvalue weighted by Crippen LogP contribution is 2.40. The van der Waals surface area contributed by atoms with Gasteiger partial charge in [-0.25, -0.2) is 13.1 Å². The molecule has 0 radical (unpaired) electrons. The summed E-state index contributed by atoms with van der Waals surface area (Å²) in [5, 5.41) is 5.37. The Hall–Kier alpha value is -3.28. The molecule has 0 aliphatic heterocycles. The van der Waals surface area contributed by atoms with E-state index >= 15 is 0 Å². The van der Waals surface area contributed by atoms with Crippen LogP contribution in [0.2, 0.25) is 0 Å². The van der Waals surface area contributed by atoms with Crippen molar-refractivity contribution >= 4 is 44.6 Å². The molecular formula is C22H28N5O5S+. The Balaban J connectivity index is 2.17. The highest BCUT2D eigenvalue weighted by Gasteiger charge is 2.38. The fraction of sp³-hybridized carbons (Fsp3) is 0.318. The number of hydrogen-bond acceptors (Lipinski definition) is 7. The number of sulfonamides is 1. The van der Waals surface area contributed by atoms with Crippen molar-refractivity contribution in [3.63, 3.8) is 0 Å². The van der Waals surface area contributed by atoms with Crippen molar-refractivity contribution in [2.24, 2.45) is 0 Å². The third kappa shape index (κ3) is 4.61. The predicted octanol–water partition coefficient (Wildman–Crippen LogP) is 1.03. The molecule has 1 aliphatic carbocycles. The van der Waals surface area contributed by atoms with Gasteiger partial charge in [0, 0.05) is 25.2 Å². The Morgan fingerprint density at radius 3 is 2.27 bits per heavy atom. The van der Waals surface area contributed by atoms with Crippen molar-refractivity contribution in [3.05, 3.63) is 46.5 Å². The van der Waals surface area contributed by atoms with Gasteiger partial charge in [0.05, 0.1) is 62.3 Å². The van der Waals surface area contributed by atoms with E-state index in [-0.39, 0.29) is 50.8 Å². The lowest BCUT2D eigenvalue weighted by atomic mass is 9.81. The maximum atomic E-state index is 13.5. The van der Waals surface area contributed by atoms with E-state index < -0.39 is 27.5 Å². The monoisotopic (exact) mass is 474 g/mol. The van der Waals surface area contributed by atoms with E-state index in [1.807, 2.05) is 21.1 Å². The summed E-state index contributed by atoms with van der Waals surface area (Å²) < 4.78 is 29.1. The van der Waals surface area contributed by atoms with Gasteiger partial charge in [-0.3, -0.25) is 14.4 Å². The predicted molar refractivity (Wildman–Crippen MR) is 126 cm³/mol. The van der Waals surface area contributed by atoms with Crippen LogP contribution in [0.3, 0.4) is 0 Å². The zero-order valence-electron chi connectivity index (χ0n) is 19.2. The minimum atomic E-state index is -4.07. The normalized spacial score (nSPS) is 13.4. The SMILES string of the molecule is CNc1cc(S(=O)(=O)NCC[N+](C)(C)C)c(N)c2c1C(=O)c1c(NC(C)=O)cccc1C2=O. The first kappa shape index (κ1) is 24.4. The molecule has 0 bridgehead atoms. The van der Waals surface area contributed by atoms with Gasteiger partial charge in [-0.2, -0.15) is 0 Å². The quantitative estimate of drug-likeness (QED) is 0.295. The van der Waals surface area contributed by atoms with Gasteiger partial charge >= 0.3 is 0 Å². The summed E-state index contributed by atoms with van der Waals surface area (Å²) in [7, 11) is 3.23. The number of fused-ring (bicyclic) bond motifs is 2. The first-order valence-electron chi connectivity index (χ1n) is 10.2. The van der Waals surface area contributed by atoms with Gasteiger partial charge in [0.1, 0.15) is 4.90 Å². The number of rotatable bonds is 7. The lowest BCUT2D eigenvalue weighted by Gasteiger charge is -2.26. The summed E-state index contributed by atoms with van der Waals surface area (Å²) in [6.07, 6.45) is 0. The van der Waals surface area contributed by atoms with Crippen molar-refractivity contribution in [2.45, 2.75) is 11.8 Å². The Morgan fingerprint density at radius 1 is 1.03 bits per heavy atom. The average molecular weight is 475 g/mol. The van der Waals surface area contributed by atoms with Gasteiger partial charge in [-0.15, -0.1) is 0 Å². The maximum Gasteiger partial charge on any atom is 0.242 e. The van der Waals surface area contributed by atoms with Crippen LogP contribution in [0.15, 0.2) is 29.2 Å². The molecule has 0 unspecified atom stereocenters. The van der Waals surface area contributed by atoms with Crippen LogP contribution < -0.4 is 21.1 Å². The van der Waals surface area contributed by atoms with Crippen LogP contribution in [-0.2, 0) is 14.8 Å². The summed E-state index contributed by atoms with van der Waals surface area (Å²) in [5.74, 6) is -1.53. The molecule has 2 aromatic rings. The summed E-state index contributed by atoms with van der Waals surface area (Å²) in [6, 6.07) is 5.75. The van der Waals surface area contributed by atoms with Crippen molar-refractivity contribution in [1.82, 2.24) is 4.72 Å². The van der Waals surface area contributed by atoms with Crippen LogP contribution in [0.5, 0.6) is 0 Å². The average Bonchev–Trinajstić information content (AvgIpc) is 2.69. The molecule has 0 saturated heterocycles. The van der Waals surface area contributed by atoms with Crippen molar-refractivity contribution in [1.29, 1.82) is 0 Å². The van der Waals surface area contributed by atoms with Gasteiger partial charge in [0.25, 0.3) is 0 Å². The Kier molecular flexibility index (Phi) is 6.33. The number of nitrogens with one attached hydrogen (secondary N) is 3. The first-order chi connectivity index (χ1) is 15.3. The maximum absolute atomic E-state index is 13.5. The Morgan fingerprint density at radius 2 is 1.70 bits per heavy atom. The summed E-state index contributed by atoms with van der Waals surface area (Å²) in [5.41, 5.74) is 6.13. The number of nitrogens with two attached hydrogens (primary N) is 1. The van der Waals surface area contributed by atoms with E-state index in [1.165, 1.54) is 38.2 Å². The number of nitrogen functional groups attached to an aromatic ring is 1. The number of amides is 1. The van der Waals surface area contributed by atoms with E-state index in [1.54, 1.807) is 0 Å². The standard InChI is InChI=1S/C22H27N5O5S/c1-12(28)26-14-8-6-7-13-17(14)22(30)18-15(24-2)11-16(20(23)19(18)21(13)29)33(31,32)25-9-10-27(3,4)5/h6-8,11,25H,9-10H2,1-5H3,(H3-,23,24,26,28,29,30)/p+1. The number of ketones is 2. The Labute approximate surface area is 192 Å². The molecule has 0 atom stereocenters. The molecule has 1 aliphatic rings. The molecule has 2 aromatic carbocycles. The van der Waals surface area contributed by atoms with Gasteiger partial charge in [0.15, 0.2) is 11.6 Å². The van der Waals surface area contributed by atoms with E-state index in [2.05, 4.69) is 15.4 Å². The molecule has 0 spiro atoms. The van der Waals surface area contributed by atoms with E-state index in [4.69, 9.17) is 5.73 Å². The van der Waals surface area contributed by atoms with E-state index in [0.29, 0.717) is 11.0 Å². The van der Waals surface area contributed by atoms with Crippen LogP contribution >= 0.6 is 0 Å². The van der Waals surface area contributed by atoms with Gasteiger partial charge in [-0.1, -0.05) is 12.1 Å². The molecular weight excluding hydrogens is 446 g/mol. The molecule has 0 fully saturated rings. The van der Waals surface area contributed by atoms with E-state index in [0.717, 1.165) is 0 Å². The number of likely N-dealkylation sites (N-methyl/N-ethyl adjacent to an activating group) is 1. The fourth-order valence-corrected chi connectivity index (χ4v) is 4.88. The zero-order chi connectivity index (χ0) is 24.7. The third-order valence-corrected chi connectivity index (χ3v) is 6.77. The number of anilines is 3. The number of quaternary nitrogens is 1. The number of nitrogens with zero attached hydrogens (tertiary/aromatic N) is 1. The minimum Gasteiger partial charge on any atom is -0.397 e. The van der Waals surface area contributed by atoms with Crippen LogP contribution in [0.25, 0.3) is 0 Å². The smallest absolute Gasteiger partial charge is 0.242 e. The summed E-state index contributed by atoms with van der Waals surface area (Å²) in [6.45, 7) is 1.98. The lowest BCUT2D eigenvalue weighted by Crippen LogP contribution is -2.42. The summed E-state index contributed by atoms with van der Waals surface area (Å²) in [4.78, 5) is 38.2. The van der Waals surface area contributed by atoms with Crippen molar-refractivity contribution in [3.8, 4) is 0 Å². The number of carbonyl (C=O) groups is 3. The number of benzene rings is 2. The number of carbonyl (C=O) groups excluding carboxylic acids is 3. The molecule has 5 N–H and O–H groups in total. The van der Waals surface area contributed by atoms with Gasteiger partial charge in [0.2, 0.25) is 15.9 Å².